The molecule has 0 unspecified atom stereocenters. The van der Waals surface area contributed by atoms with Crippen LogP contribution < -0.4 is 0 Å². The minimum Gasteiger partial charge on any atom is -0.511 e. The quantitative estimate of drug-likeness (QED) is 0.652. The first-order chi connectivity index (χ1) is 6.86. The monoisotopic (exact) mass is 184 g/mol. The van der Waals surface area contributed by atoms with E-state index >= 15 is 0 Å². The molecule has 2 rings (SSSR count). The van der Waals surface area contributed by atoms with Crippen molar-refractivity contribution in [3.05, 3.63) is 71.6 Å². The highest BCUT2D eigenvalue weighted by molar-refractivity contribution is 5.44. The van der Waals surface area contributed by atoms with Crippen LogP contribution in [0.2, 0.25) is 0 Å². The lowest BCUT2D eigenvalue weighted by atomic mass is 10.1. The molecule has 0 heterocycles. The summed E-state index contributed by atoms with van der Waals surface area (Å²) in [4.78, 5) is 0. The van der Waals surface area contributed by atoms with Crippen molar-refractivity contribution < 1.29 is 5.11 Å². The Labute approximate surface area is 83.8 Å². The molecule has 0 aromatic carbocycles. The molecule has 2 aliphatic rings. The summed E-state index contributed by atoms with van der Waals surface area (Å²) in [5.41, 5.74) is 2.07. The van der Waals surface area contributed by atoms with Crippen LogP contribution in [0.15, 0.2) is 71.6 Å². The molecule has 0 saturated heterocycles. The van der Waals surface area contributed by atoms with Gasteiger partial charge in [-0.3, -0.25) is 0 Å². The molecule has 0 aliphatic heterocycles. The second-order valence-electron chi connectivity index (χ2n) is 3.25. The fraction of sp³-hybridized carbons (Fsp3) is 0.0769. The smallest absolute Gasteiger partial charge is 0.103 e. The molecule has 2 aliphatic carbocycles. The van der Waals surface area contributed by atoms with Gasteiger partial charge in [0.1, 0.15) is 5.76 Å². The fourth-order valence-corrected chi connectivity index (χ4v) is 1.42. The lowest BCUT2D eigenvalue weighted by Crippen LogP contribution is -1.83. The summed E-state index contributed by atoms with van der Waals surface area (Å²) in [6.45, 7) is 0. The normalized spacial score (nSPS) is 17.1. The van der Waals surface area contributed by atoms with E-state index < -0.39 is 0 Å². The van der Waals surface area contributed by atoms with Gasteiger partial charge in [-0.1, -0.05) is 54.7 Å². The Balaban J connectivity index is 2.05. The highest BCUT2D eigenvalue weighted by atomic mass is 16.3. The summed E-state index contributed by atoms with van der Waals surface area (Å²) >= 11 is 0. The Morgan fingerprint density at radius 3 is 2.21 bits per heavy atom. The summed E-state index contributed by atoms with van der Waals surface area (Å²) < 4.78 is 0. The highest BCUT2D eigenvalue weighted by Crippen LogP contribution is 2.16. The third kappa shape index (κ3) is 1.94. The van der Waals surface area contributed by atoms with Gasteiger partial charge in [-0.25, -0.2) is 0 Å². The van der Waals surface area contributed by atoms with Crippen molar-refractivity contribution in [3.8, 4) is 0 Å². The van der Waals surface area contributed by atoms with E-state index in [4.69, 9.17) is 0 Å². The molecule has 0 spiro atoms. The van der Waals surface area contributed by atoms with Crippen molar-refractivity contribution in [2.45, 2.75) is 6.42 Å². The molecule has 70 valence electrons. The first-order valence-electron chi connectivity index (χ1n) is 4.68. The van der Waals surface area contributed by atoms with E-state index in [-0.39, 0.29) is 0 Å². The van der Waals surface area contributed by atoms with Crippen molar-refractivity contribution in [3.63, 3.8) is 0 Å². The largest absolute Gasteiger partial charge is 0.511 e. The van der Waals surface area contributed by atoms with Crippen molar-refractivity contribution in [1.82, 2.24) is 0 Å². The van der Waals surface area contributed by atoms with Gasteiger partial charge in [0.05, 0.1) is 0 Å². The van der Waals surface area contributed by atoms with Crippen LogP contribution in [0.4, 0.5) is 0 Å². The highest BCUT2D eigenvalue weighted by Gasteiger charge is 2.00. The zero-order valence-electron chi connectivity index (χ0n) is 7.85. The Hall–Kier alpha value is -1.76. The van der Waals surface area contributed by atoms with Crippen molar-refractivity contribution in [1.29, 1.82) is 0 Å². The summed E-state index contributed by atoms with van der Waals surface area (Å²) in [5, 5.41) is 9.69. The van der Waals surface area contributed by atoms with E-state index in [0.29, 0.717) is 12.2 Å². The predicted octanol–water partition coefficient (Wildman–Crippen LogP) is 3.37. The minimum absolute atomic E-state index is 0.427. The van der Waals surface area contributed by atoms with Crippen LogP contribution in [0.1, 0.15) is 6.42 Å². The molecule has 0 radical (unpaired) electrons. The van der Waals surface area contributed by atoms with Crippen LogP contribution >= 0.6 is 0 Å². The second kappa shape index (κ2) is 3.97. The molecule has 0 aromatic rings. The van der Waals surface area contributed by atoms with E-state index in [1.54, 1.807) is 0 Å². The fourth-order valence-electron chi connectivity index (χ4n) is 1.42. The Morgan fingerprint density at radius 2 is 1.57 bits per heavy atom. The maximum atomic E-state index is 9.69. The predicted molar refractivity (Wildman–Crippen MR) is 58.9 cm³/mol. The molecule has 1 N–H and O–H groups in total. The van der Waals surface area contributed by atoms with E-state index in [2.05, 4.69) is 0 Å². The summed E-state index contributed by atoms with van der Waals surface area (Å²) in [7, 11) is 0. The van der Waals surface area contributed by atoms with Gasteiger partial charge in [-0.15, -0.1) is 0 Å². The number of hydrogen-bond acceptors (Lipinski definition) is 1. The molecule has 14 heavy (non-hydrogen) atoms. The van der Waals surface area contributed by atoms with Crippen LogP contribution in [-0.4, -0.2) is 5.11 Å². The van der Waals surface area contributed by atoms with Gasteiger partial charge < -0.3 is 5.11 Å². The van der Waals surface area contributed by atoms with Gasteiger partial charge >= 0.3 is 0 Å². The minimum atomic E-state index is 0.427. The van der Waals surface area contributed by atoms with E-state index in [1.165, 1.54) is 0 Å². The van der Waals surface area contributed by atoms with Crippen molar-refractivity contribution >= 4 is 0 Å². The molecule has 0 bridgehead atoms. The molecule has 0 atom stereocenters. The number of aliphatic hydroxyl groups is 1. The Bertz CT molecular complexity index is 373. The average molecular weight is 184 g/mol. The Morgan fingerprint density at radius 1 is 1.00 bits per heavy atom. The number of rotatable bonds is 2. The standard InChI is InChI=1S/C13H12O/c14-13(12-7-3-4-8-12)10-9-11-5-1-2-6-11/h1-9,14H,10H2. The van der Waals surface area contributed by atoms with Crippen molar-refractivity contribution in [2.24, 2.45) is 0 Å². The zero-order chi connectivity index (χ0) is 9.80. The maximum Gasteiger partial charge on any atom is 0.103 e. The van der Waals surface area contributed by atoms with Crippen molar-refractivity contribution in [2.75, 3.05) is 0 Å². The van der Waals surface area contributed by atoms with Gasteiger partial charge in [0, 0.05) is 12.0 Å². The topological polar surface area (TPSA) is 20.2 Å². The van der Waals surface area contributed by atoms with E-state index in [1.807, 2.05) is 54.7 Å². The summed E-state index contributed by atoms with van der Waals surface area (Å²) in [6.07, 6.45) is 18.3. The number of hydrogen-bond donors (Lipinski definition) is 1. The molecule has 1 heteroatoms. The first-order valence-corrected chi connectivity index (χ1v) is 4.68. The van der Waals surface area contributed by atoms with E-state index in [9.17, 15) is 5.11 Å². The number of allylic oxidation sites excluding steroid dienone is 11. The second-order valence-corrected chi connectivity index (χ2v) is 3.25. The lowest BCUT2D eigenvalue weighted by Gasteiger charge is -1.98. The van der Waals surface area contributed by atoms with Gasteiger partial charge in [0.15, 0.2) is 0 Å². The van der Waals surface area contributed by atoms with Crippen LogP contribution in [0.25, 0.3) is 0 Å². The molecular formula is C13H12O. The molecule has 0 aromatic heterocycles. The molecule has 0 saturated carbocycles. The van der Waals surface area contributed by atoms with Crippen LogP contribution in [0.3, 0.4) is 0 Å². The van der Waals surface area contributed by atoms with Gasteiger partial charge in [0.25, 0.3) is 0 Å². The summed E-state index contributed by atoms with van der Waals surface area (Å²) in [5.74, 6) is 0.427. The summed E-state index contributed by atoms with van der Waals surface area (Å²) in [6, 6.07) is 0. The first kappa shape index (κ1) is 8.82. The molecule has 0 fully saturated rings. The molecular weight excluding hydrogens is 172 g/mol. The number of aliphatic hydroxyl groups excluding tert-OH is 1. The average Bonchev–Trinajstić information content (AvgIpc) is 2.87. The van der Waals surface area contributed by atoms with Crippen LogP contribution in [0.5, 0.6) is 0 Å². The molecule has 1 nitrogen and oxygen atoms in total. The maximum absolute atomic E-state index is 9.69. The third-order valence-electron chi connectivity index (χ3n) is 2.22. The van der Waals surface area contributed by atoms with Crippen LogP contribution in [-0.2, 0) is 0 Å². The van der Waals surface area contributed by atoms with Gasteiger partial charge in [-0.2, -0.15) is 0 Å². The zero-order valence-corrected chi connectivity index (χ0v) is 7.85. The molecule has 0 amide bonds. The lowest BCUT2D eigenvalue weighted by molar-refractivity contribution is 0.398. The van der Waals surface area contributed by atoms with Gasteiger partial charge in [0.2, 0.25) is 0 Å². The van der Waals surface area contributed by atoms with E-state index in [0.717, 1.165) is 11.1 Å². The Kier molecular flexibility index (Phi) is 2.50. The SMILES string of the molecule is OC(CC=C1C=CC=C1)=C1C=CC=C1. The van der Waals surface area contributed by atoms with Gasteiger partial charge in [-0.05, 0) is 5.57 Å². The van der Waals surface area contributed by atoms with Crippen LogP contribution in [0, 0.1) is 0 Å². The third-order valence-corrected chi connectivity index (χ3v) is 2.22.